The van der Waals surface area contributed by atoms with Crippen LogP contribution < -0.4 is 5.56 Å². The minimum atomic E-state index is -0.130. The van der Waals surface area contributed by atoms with E-state index in [9.17, 15) is 4.79 Å². The molecule has 1 unspecified atom stereocenters. The van der Waals surface area contributed by atoms with Crippen molar-refractivity contribution in [1.82, 2.24) is 19.7 Å². The predicted octanol–water partition coefficient (Wildman–Crippen LogP) is 3.39. The molecule has 0 aliphatic heterocycles. The molecule has 20 heavy (non-hydrogen) atoms. The number of aromatic nitrogens is 4. The highest BCUT2D eigenvalue weighted by Gasteiger charge is 2.16. The van der Waals surface area contributed by atoms with Crippen LogP contribution in [0.5, 0.6) is 0 Å². The molecule has 1 atom stereocenters. The first-order valence-corrected chi connectivity index (χ1v) is 7.27. The third-order valence-corrected chi connectivity index (χ3v) is 3.82. The largest absolute Gasteiger partial charge is 0.325 e. The summed E-state index contributed by atoms with van der Waals surface area (Å²) >= 11 is 5.26. The molecule has 0 bridgehead atoms. The van der Waals surface area contributed by atoms with Crippen molar-refractivity contribution in [2.24, 2.45) is 0 Å². The molecule has 2 N–H and O–H groups in total. The van der Waals surface area contributed by atoms with E-state index in [1.165, 1.54) is 0 Å². The fourth-order valence-electron chi connectivity index (χ4n) is 2.09. The average Bonchev–Trinajstić information content (AvgIpc) is 2.79. The van der Waals surface area contributed by atoms with Crippen molar-refractivity contribution < 1.29 is 0 Å². The summed E-state index contributed by atoms with van der Waals surface area (Å²) in [5, 5.41) is 6.99. The molecule has 0 fully saturated rings. The lowest BCUT2D eigenvalue weighted by atomic mass is 10.1. The molecule has 6 heteroatoms. The summed E-state index contributed by atoms with van der Waals surface area (Å²) < 4.78 is 2.44. The minimum absolute atomic E-state index is 0.130. The van der Waals surface area contributed by atoms with Gasteiger partial charge in [-0.3, -0.25) is 14.5 Å². The van der Waals surface area contributed by atoms with E-state index in [0.717, 1.165) is 12.1 Å². The standard InChI is InChI=1S/C14H20N4OS/c1-5-9(4)18-12(16-17-14(18)20)10-6-7-11(8(2)3)15-13(10)19/h6-9H,5H2,1-4H3,(H,15,19)(H,17,20). The number of pyridine rings is 1. The van der Waals surface area contributed by atoms with Gasteiger partial charge in [0, 0.05) is 11.7 Å². The lowest BCUT2D eigenvalue weighted by molar-refractivity contribution is 0.528. The zero-order chi connectivity index (χ0) is 14.9. The Morgan fingerprint density at radius 1 is 1.35 bits per heavy atom. The maximum atomic E-state index is 12.3. The van der Waals surface area contributed by atoms with Gasteiger partial charge in [-0.05, 0) is 43.6 Å². The van der Waals surface area contributed by atoms with E-state index in [0.29, 0.717) is 16.2 Å². The first kappa shape index (κ1) is 14.7. The highest BCUT2D eigenvalue weighted by molar-refractivity contribution is 7.71. The Hall–Kier alpha value is -1.69. The van der Waals surface area contributed by atoms with Crippen LogP contribution in [0.15, 0.2) is 16.9 Å². The van der Waals surface area contributed by atoms with Crippen LogP contribution in [0, 0.1) is 4.77 Å². The summed E-state index contributed by atoms with van der Waals surface area (Å²) in [6.07, 6.45) is 0.919. The van der Waals surface area contributed by atoms with E-state index >= 15 is 0 Å². The van der Waals surface area contributed by atoms with Gasteiger partial charge < -0.3 is 4.98 Å². The van der Waals surface area contributed by atoms with Crippen molar-refractivity contribution in [3.8, 4) is 11.4 Å². The van der Waals surface area contributed by atoms with Gasteiger partial charge >= 0.3 is 0 Å². The highest BCUT2D eigenvalue weighted by Crippen LogP contribution is 2.21. The number of hydrogen-bond donors (Lipinski definition) is 2. The third kappa shape index (κ3) is 2.60. The molecule has 5 nitrogen and oxygen atoms in total. The number of rotatable bonds is 4. The minimum Gasteiger partial charge on any atom is -0.325 e. The summed E-state index contributed by atoms with van der Waals surface area (Å²) in [5.74, 6) is 0.882. The van der Waals surface area contributed by atoms with Crippen molar-refractivity contribution >= 4 is 12.2 Å². The Balaban J connectivity index is 2.58. The van der Waals surface area contributed by atoms with Crippen LogP contribution in [-0.2, 0) is 0 Å². The highest BCUT2D eigenvalue weighted by atomic mass is 32.1. The zero-order valence-electron chi connectivity index (χ0n) is 12.2. The average molecular weight is 292 g/mol. The second-order valence-corrected chi connectivity index (χ2v) is 5.68. The van der Waals surface area contributed by atoms with Crippen molar-refractivity contribution in [2.75, 3.05) is 0 Å². The number of H-pyrrole nitrogens is 2. The van der Waals surface area contributed by atoms with Crippen LogP contribution in [0.25, 0.3) is 11.4 Å². The van der Waals surface area contributed by atoms with Crippen LogP contribution in [0.3, 0.4) is 0 Å². The topological polar surface area (TPSA) is 66.5 Å². The van der Waals surface area contributed by atoms with Crippen molar-refractivity contribution in [3.05, 3.63) is 33.0 Å². The maximum Gasteiger partial charge on any atom is 0.259 e. The number of nitrogens with one attached hydrogen (secondary N) is 2. The first-order chi connectivity index (χ1) is 9.45. The van der Waals surface area contributed by atoms with E-state index in [1.807, 2.05) is 30.5 Å². The first-order valence-electron chi connectivity index (χ1n) is 6.86. The van der Waals surface area contributed by atoms with Crippen LogP contribution in [-0.4, -0.2) is 19.7 Å². The van der Waals surface area contributed by atoms with Crippen molar-refractivity contribution in [1.29, 1.82) is 0 Å². The van der Waals surface area contributed by atoms with E-state index < -0.39 is 0 Å². The van der Waals surface area contributed by atoms with E-state index in [1.54, 1.807) is 0 Å². The van der Waals surface area contributed by atoms with Gasteiger partial charge in [-0.1, -0.05) is 20.8 Å². The van der Waals surface area contributed by atoms with Crippen LogP contribution >= 0.6 is 12.2 Å². The monoisotopic (exact) mass is 292 g/mol. The van der Waals surface area contributed by atoms with Crippen LogP contribution in [0.1, 0.15) is 51.8 Å². The quantitative estimate of drug-likeness (QED) is 0.849. The Morgan fingerprint density at radius 3 is 2.60 bits per heavy atom. The van der Waals surface area contributed by atoms with Crippen molar-refractivity contribution in [2.45, 2.75) is 46.1 Å². The molecule has 0 aliphatic carbocycles. The van der Waals surface area contributed by atoms with Crippen molar-refractivity contribution in [3.63, 3.8) is 0 Å². The molecule has 0 spiro atoms. The molecular weight excluding hydrogens is 272 g/mol. The number of hydrogen-bond acceptors (Lipinski definition) is 3. The SMILES string of the molecule is CCC(C)n1c(-c2ccc(C(C)C)[nH]c2=O)n[nH]c1=S. The molecule has 0 radical (unpaired) electrons. The molecule has 2 aromatic heterocycles. The summed E-state index contributed by atoms with van der Waals surface area (Å²) in [5.41, 5.74) is 1.33. The van der Waals surface area contributed by atoms with Crippen LogP contribution in [0.4, 0.5) is 0 Å². The number of nitrogens with zero attached hydrogens (tertiary/aromatic N) is 2. The molecule has 2 heterocycles. The van der Waals surface area contributed by atoms with E-state index in [2.05, 4.69) is 29.0 Å². The zero-order valence-corrected chi connectivity index (χ0v) is 13.0. The molecule has 0 saturated heterocycles. The van der Waals surface area contributed by atoms with E-state index in [-0.39, 0.29) is 17.5 Å². The number of aromatic amines is 2. The summed E-state index contributed by atoms with van der Waals surface area (Å²) in [6, 6.07) is 3.94. The Kier molecular flexibility index (Phi) is 4.23. The molecule has 108 valence electrons. The molecule has 0 amide bonds. The predicted molar refractivity (Wildman–Crippen MR) is 82.6 cm³/mol. The normalized spacial score (nSPS) is 12.8. The Morgan fingerprint density at radius 2 is 2.05 bits per heavy atom. The lowest BCUT2D eigenvalue weighted by Crippen LogP contribution is -2.15. The van der Waals surface area contributed by atoms with Gasteiger partial charge in [0.15, 0.2) is 10.6 Å². The van der Waals surface area contributed by atoms with Crippen LogP contribution in [0.2, 0.25) is 0 Å². The van der Waals surface area contributed by atoms with Gasteiger partial charge in [-0.15, -0.1) is 0 Å². The van der Waals surface area contributed by atoms with E-state index in [4.69, 9.17) is 12.2 Å². The molecular formula is C14H20N4OS. The van der Waals surface area contributed by atoms with Gasteiger partial charge in [-0.25, -0.2) is 0 Å². The Labute approximate surface area is 123 Å². The van der Waals surface area contributed by atoms with Gasteiger partial charge in [0.1, 0.15) is 0 Å². The lowest BCUT2D eigenvalue weighted by Gasteiger charge is -2.13. The summed E-state index contributed by atoms with van der Waals surface area (Å²) in [7, 11) is 0. The maximum absolute atomic E-state index is 12.3. The summed E-state index contributed by atoms with van der Waals surface area (Å²) in [4.78, 5) is 15.2. The Bertz CT molecular complexity index is 710. The van der Waals surface area contributed by atoms with Gasteiger partial charge in [0.2, 0.25) is 0 Å². The fraction of sp³-hybridized carbons (Fsp3) is 0.500. The summed E-state index contributed by atoms with van der Waals surface area (Å²) in [6.45, 7) is 8.22. The van der Waals surface area contributed by atoms with Gasteiger partial charge in [0.05, 0.1) is 5.56 Å². The van der Waals surface area contributed by atoms with Gasteiger partial charge in [0.25, 0.3) is 5.56 Å². The smallest absolute Gasteiger partial charge is 0.259 e. The molecule has 0 aromatic carbocycles. The molecule has 2 aromatic rings. The third-order valence-electron chi connectivity index (χ3n) is 3.53. The molecule has 0 aliphatic rings. The fourth-order valence-corrected chi connectivity index (χ4v) is 2.40. The molecule has 0 saturated carbocycles. The second-order valence-electron chi connectivity index (χ2n) is 5.29. The molecule has 2 rings (SSSR count). The second kappa shape index (κ2) is 5.75. The van der Waals surface area contributed by atoms with Gasteiger partial charge in [-0.2, -0.15) is 5.10 Å².